The van der Waals surface area contributed by atoms with Crippen LogP contribution in [0.15, 0.2) is 30.0 Å². The van der Waals surface area contributed by atoms with Crippen LogP contribution < -0.4 is 5.32 Å². The van der Waals surface area contributed by atoms with E-state index in [0.29, 0.717) is 32.5 Å². The third-order valence-corrected chi connectivity index (χ3v) is 5.06. The number of anilines is 1. The van der Waals surface area contributed by atoms with Crippen molar-refractivity contribution in [2.45, 2.75) is 46.5 Å². The number of para-hydroxylation sites is 1. The maximum Gasteiger partial charge on any atom is 0.309 e. The molecule has 0 spiro atoms. The van der Waals surface area contributed by atoms with Crippen LogP contribution in [0.2, 0.25) is 0 Å². The molecule has 0 saturated carbocycles. The number of aryl methyl sites for hydroxylation is 2. The second-order valence-electron chi connectivity index (χ2n) is 6.83. The molecule has 1 aliphatic heterocycles. The lowest BCUT2D eigenvalue weighted by Gasteiger charge is -2.30. The zero-order valence-electron chi connectivity index (χ0n) is 17.0. The van der Waals surface area contributed by atoms with Crippen LogP contribution in [0.1, 0.15) is 44.7 Å². The molecule has 6 nitrogen and oxygen atoms in total. The molecule has 1 saturated heterocycles. The normalized spacial score (nSPS) is 15.1. The molecular formula is C22H29N3O3. The minimum absolute atomic E-state index is 0.0718. The Morgan fingerprint density at radius 1 is 1.21 bits per heavy atom. The standard InChI is InChI=1S/C22H29N3O3/c1-4-16-8-7-9-17(5-2)20(16)24-21(26)19(14-23)15-25-12-10-18(11-13-25)22(27)28-6-3/h7-9,15,18H,4-6,10-13H2,1-3H3,(H,24,26)/b19-15-. The number of amides is 1. The van der Waals surface area contributed by atoms with Crippen LogP contribution in [-0.4, -0.2) is 36.5 Å². The minimum Gasteiger partial charge on any atom is -0.466 e. The molecule has 0 unspecified atom stereocenters. The zero-order valence-corrected chi connectivity index (χ0v) is 17.0. The van der Waals surface area contributed by atoms with Gasteiger partial charge in [-0.15, -0.1) is 0 Å². The number of likely N-dealkylation sites (tertiary alicyclic amines) is 1. The van der Waals surface area contributed by atoms with Crippen molar-refractivity contribution in [3.8, 4) is 6.07 Å². The number of nitrogens with one attached hydrogen (secondary N) is 1. The largest absolute Gasteiger partial charge is 0.466 e. The van der Waals surface area contributed by atoms with E-state index in [1.807, 2.05) is 43.0 Å². The van der Waals surface area contributed by atoms with Crippen molar-refractivity contribution < 1.29 is 14.3 Å². The highest BCUT2D eigenvalue weighted by Gasteiger charge is 2.25. The average Bonchev–Trinajstić information content (AvgIpc) is 2.72. The summed E-state index contributed by atoms with van der Waals surface area (Å²) in [5, 5.41) is 12.4. The fourth-order valence-electron chi connectivity index (χ4n) is 3.43. The van der Waals surface area contributed by atoms with Crippen LogP contribution >= 0.6 is 0 Å². The molecule has 1 aromatic rings. The number of benzene rings is 1. The van der Waals surface area contributed by atoms with Gasteiger partial charge in [-0.05, 0) is 43.7 Å². The van der Waals surface area contributed by atoms with E-state index >= 15 is 0 Å². The molecular weight excluding hydrogens is 354 g/mol. The summed E-state index contributed by atoms with van der Waals surface area (Å²) in [5.41, 5.74) is 2.99. The summed E-state index contributed by atoms with van der Waals surface area (Å²) in [5.74, 6) is -0.661. The number of carbonyl (C=O) groups excluding carboxylic acids is 2. The summed E-state index contributed by atoms with van der Waals surface area (Å²) in [6.45, 7) is 7.50. The van der Waals surface area contributed by atoms with Crippen LogP contribution in [0, 0.1) is 17.2 Å². The van der Waals surface area contributed by atoms with Crippen molar-refractivity contribution in [3.63, 3.8) is 0 Å². The molecule has 0 radical (unpaired) electrons. The van der Waals surface area contributed by atoms with Gasteiger partial charge in [-0.1, -0.05) is 32.0 Å². The van der Waals surface area contributed by atoms with Crippen molar-refractivity contribution in [1.29, 1.82) is 5.26 Å². The van der Waals surface area contributed by atoms with Crippen molar-refractivity contribution >= 4 is 17.6 Å². The highest BCUT2D eigenvalue weighted by atomic mass is 16.5. The molecule has 0 atom stereocenters. The number of hydrogen-bond acceptors (Lipinski definition) is 5. The molecule has 0 aromatic heterocycles. The molecule has 1 aromatic carbocycles. The van der Waals surface area contributed by atoms with Gasteiger partial charge in [-0.2, -0.15) is 5.26 Å². The molecule has 1 aliphatic rings. The van der Waals surface area contributed by atoms with E-state index in [1.165, 1.54) is 0 Å². The fraction of sp³-hybridized carbons (Fsp3) is 0.500. The molecule has 2 rings (SSSR count). The molecule has 0 aliphatic carbocycles. The van der Waals surface area contributed by atoms with Gasteiger partial charge in [-0.25, -0.2) is 0 Å². The van der Waals surface area contributed by atoms with Crippen molar-refractivity contribution in [2.24, 2.45) is 5.92 Å². The van der Waals surface area contributed by atoms with E-state index in [2.05, 4.69) is 5.32 Å². The molecule has 28 heavy (non-hydrogen) atoms. The lowest BCUT2D eigenvalue weighted by Crippen LogP contribution is -2.34. The first-order valence-corrected chi connectivity index (χ1v) is 9.98. The third-order valence-electron chi connectivity index (χ3n) is 5.06. The topological polar surface area (TPSA) is 82.4 Å². The van der Waals surface area contributed by atoms with Crippen LogP contribution in [-0.2, 0) is 27.2 Å². The van der Waals surface area contributed by atoms with E-state index in [1.54, 1.807) is 13.1 Å². The Labute approximate surface area is 167 Å². The second-order valence-corrected chi connectivity index (χ2v) is 6.83. The number of nitrogens with zero attached hydrogens (tertiary/aromatic N) is 2. The van der Waals surface area contributed by atoms with Gasteiger partial charge in [0, 0.05) is 25.0 Å². The number of hydrogen-bond donors (Lipinski definition) is 1. The van der Waals surface area contributed by atoms with Gasteiger partial charge in [0.15, 0.2) is 0 Å². The van der Waals surface area contributed by atoms with Gasteiger partial charge >= 0.3 is 5.97 Å². The van der Waals surface area contributed by atoms with Crippen LogP contribution in [0.3, 0.4) is 0 Å². The Bertz CT molecular complexity index is 749. The fourth-order valence-corrected chi connectivity index (χ4v) is 3.43. The Kier molecular flexibility index (Phi) is 8.06. The average molecular weight is 383 g/mol. The van der Waals surface area contributed by atoms with Crippen LogP contribution in [0.4, 0.5) is 5.69 Å². The summed E-state index contributed by atoms with van der Waals surface area (Å²) < 4.78 is 5.08. The summed E-state index contributed by atoms with van der Waals surface area (Å²) in [6.07, 6.45) is 4.53. The van der Waals surface area contributed by atoms with E-state index in [9.17, 15) is 14.9 Å². The third kappa shape index (κ3) is 5.35. The molecule has 1 fully saturated rings. The summed E-state index contributed by atoms with van der Waals surface area (Å²) in [7, 11) is 0. The molecule has 0 bridgehead atoms. The number of ether oxygens (including phenoxy) is 1. The predicted molar refractivity (Wildman–Crippen MR) is 108 cm³/mol. The number of carbonyl (C=O) groups is 2. The van der Waals surface area contributed by atoms with Crippen LogP contribution in [0.5, 0.6) is 0 Å². The van der Waals surface area contributed by atoms with Gasteiger partial charge in [-0.3, -0.25) is 9.59 Å². The highest BCUT2D eigenvalue weighted by Crippen LogP contribution is 2.24. The van der Waals surface area contributed by atoms with E-state index in [4.69, 9.17) is 4.74 Å². The van der Waals surface area contributed by atoms with Gasteiger partial charge in [0.2, 0.25) is 0 Å². The SMILES string of the molecule is CCOC(=O)C1CCN(/C=C(/C#N)C(=O)Nc2c(CC)cccc2CC)CC1. The summed E-state index contributed by atoms with van der Waals surface area (Å²) in [4.78, 5) is 26.5. The number of nitriles is 1. The maximum absolute atomic E-state index is 12.7. The predicted octanol–water partition coefficient (Wildman–Crippen LogP) is 3.43. The Morgan fingerprint density at radius 3 is 2.32 bits per heavy atom. The lowest BCUT2D eigenvalue weighted by molar-refractivity contribution is -0.149. The lowest BCUT2D eigenvalue weighted by atomic mass is 9.97. The van der Waals surface area contributed by atoms with Crippen molar-refractivity contribution in [3.05, 3.63) is 41.1 Å². The quantitative estimate of drug-likeness (QED) is 0.443. The molecule has 1 amide bonds. The van der Waals surface area contributed by atoms with Crippen molar-refractivity contribution in [1.82, 2.24) is 4.90 Å². The van der Waals surface area contributed by atoms with E-state index in [0.717, 1.165) is 29.7 Å². The summed E-state index contributed by atoms with van der Waals surface area (Å²) in [6, 6.07) is 7.98. The zero-order chi connectivity index (χ0) is 20.5. The number of rotatable bonds is 7. The monoisotopic (exact) mass is 383 g/mol. The first-order chi connectivity index (χ1) is 13.5. The first kappa shape index (κ1) is 21.5. The highest BCUT2D eigenvalue weighted by molar-refractivity contribution is 6.07. The molecule has 150 valence electrons. The van der Waals surface area contributed by atoms with E-state index in [-0.39, 0.29) is 17.5 Å². The Balaban J connectivity index is 2.07. The minimum atomic E-state index is -0.398. The van der Waals surface area contributed by atoms with Gasteiger partial charge in [0.05, 0.1) is 12.5 Å². The van der Waals surface area contributed by atoms with Crippen LogP contribution in [0.25, 0.3) is 0 Å². The molecule has 6 heteroatoms. The summed E-state index contributed by atoms with van der Waals surface area (Å²) >= 11 is 0. The number of esters is 1. The smallest absolute Gasteiger partial charge is 0.309 e. The molecule has 1 N–H and O–H groups in total. The Morgan fingerprint density at radius 2 is 1.82 bits per heavy atom. The van der Waals surface area contributed by atoms with Gasteiger partial charge in [0.25, 0.3) is 5.91 Å². The second kappa shape index (κ2) is 10.5. The van der Waals surface area contributed by atoms with E-state index < -0.39 is 5.91 Å². The Hall–Kier alpha value is -2.81. The first-order valence-electron chi connectivity index (χ1n) is 9.98. The van der Waals surface area contributed by atoms with Gasteiger partial charge in [0.1, 0.15) is 11.6 Å². The van der Waals surface area contributed by atoms with Crippen molar-refractivity contribution in [2.75, 3.05) is 25.0 Å². The molecule has 1 heterocycles. The number of piperidine rings is 1. The maximum atomic E-state index is 12.7. The van der Waals surface area contributed by atoms with Gasteiger partial charge < -0.3 is 15.0 Å².